The largest absolute Gasteiger partial charge is 0.208 e. The lowest BCUT2D eigenvalue weighted by Gasteiger charge is -2.32. The second-order valence-electron chi connectivity index (χ2n) is 16.3. The molecule has 294 valence electrons. The molecule has 0 saturated heterocycles. The van der Waals surface area contributed by atoms with Crippen molar-refractivity contribution >= 4 is 50.4 Å². The third-order valence-electron chi connectivity index (χ3n) is 12.8. The van der Waals surface area contributed by atoms with Crippen LogP contribution in [0.1, 0.15) is 0 Å². The highest BCUT2D eigenvalue weighted by atomic mass is 28.3. The molecular weight excluding hydrogens is 779 g/mol. The number of benzene rings is 10. The number of fused-ring (bicyclic) bond motifs is 6. The van der Waals surface area contributed by atoms with Crippen molar-refractivity contribution in [3.8, 4) is 67.5 Å². The van der Waals surface area contributed by atoms with E-state index >= 15 is 0 Å². The van der Waals surface area contributed by atoms with Gasteiger partial charge in [0.2, 0.25) is 0 Å². The van der Waals surface area contributed by atoms with Crippen LogP contribution in [-0.4, -0.2) is 23.0 Å². The first kappa shape index (κ1) is 36.8. The van der Waals surface area contributed by atoms with Crippen molar-refractivity contribution in [2.24, 2.45) is 0 Å². The Morgan fingerprint density at radius 2 is 0.762 bits per heavy atom. The van der Waals surface area contributed by atoms with Gasteiger partial charge in [0.1, 0.15) is 0 Å². The molecule has 2 heterocycles. The second-order valence-corrected chi connectivity index (χ2v) is 20.0. The molecule has 0 bridgehead atoms. The Morgan fingerprint density at radius 3 is 1.41 bits per heavy atom. The van der Waals surface area contributed by atoms with Crippen molar-refractivity contribution in [2.45, 2.75) is 0 Å². The topological polar surface area (TPSA) is 38.7 Å². The van der Waals surface area contributed by atoms with E-state index in [0.717, 1.165) is 27.8 Å². The van der Waals surface area contributed by atoms with Gasteiger partial charge in [-0.2, -0.15) is 0 Å². The molecule has 12 rings (SSSR count). The minimum Gasteiger partial charge on any atom is -0.208 e. The molecule has 0 saturated carbocycles. The van der Waals surface area contributed by atoms with Crippen molar-refractivity contribution < 1.29 is 0 Å². The predicted molar refractivity (Wildman–Crippen MR) is 265 cm³/mol. The summed E-state index contributed by atoms with van der Waals surface area (Å²) in [4.78, 5) is 16.0. The first-order valence-corrected chi connectivity index (χ1v) is 23.5. The molecule has 4 heteroatoms. The molecule has 3 nitrogen and oxygen atoms in total. The van der Waals surface area contributed by atoms with Gasteiger partial charge in [0.05, 0.1) is 0 Å². The van der Waals surface area contributed by atoms with E-state index in [1.165, 1.54) is 64.5 Å². The van der Waals surface area contributed by atoms with Gasteiger partial charge < -0.3 is 0 Å². The van der Waals surface area contributed by atoms with Gasteiger partial charge in [-0.3, -0.25) is 0 Å². The summed E-state index contributed by atoms with van der Waals surface area (Å²) >= 11 is 0. The molecule has 11 aromatic rings. The summed E-state index contributed by atoms with van der Waals surface area (Å²) in [5.41, 5.74) is 9.94. The summed E-state index contributed by atoms with van der Waals surface area (Å²) in [7, 11) is -2.88. The van der Waals surface area contributed by atoms with Gasteiger partial charge >= 0.3 is 0 Å². The van der Waals surface area contributed by atoms with Crippen molar-refractivity contribution in [1.82, 2.24) is 15.0 Å². The molecule has 0 spiro atoms. The number of aromatic nitrogens is 3. The van der Waals surface area contributed by atoms with Crippen LogP contribution in [-0.2, 0) is 0 Å². The van der Waals surface area contributed by atoms with Crippen LogP contribution in [0.15, 0.2) is 237 Å². The van der Waals surface area contributed by atoms with Crippen LogP contribution in [0.5, 0.6) is 0 Å². The normalized spacial score (nSPS) is 12.6. The molecule has 1 aliphatic rings. The molecule has 1 aliphatic heterocycles. The smallest absolute Gasteiger partial charge is 0.181 e. The number of rotatable bonds is 7. The summed E-state index contributed by atoms with van der Waals surface area (Å²) in [5, 5.41) is 10.5. The maximum absolute atomic E-state index is 5.41. The van der Waals surface area contributed by atoms with Gasteiger partial charge in [-0.25, -0.2) is 15.0 Å². The van der Waals surface area contributed by atoms with Gasteiger partial charge in [-0.1, -0.05) is 231 Å². The molecule has 0 unspecified atom stereocenters. The minimum atomic E-state index is -2.88. The van der Waals surface area contributed by atoms with Gasteiger partial charge in [-0.05, 0) is 81.7 Å². The van der Waals surface area contributed by atoms with E-state index in [9.17, 15) is 0 Å². The van der Waals surface area contributed by atoms with E-state index in [-0.39, 0.29) is 0 Å². The maximum atomic E-state index is 5.41. The third kappa shape index (κ3) is 6.14. The monoisotopic (exact) mass is 817 g/mol. The Balaban J connectivity index is 1.08. The molecule has 0 radical (unpaired) electrons. The molecule has 1 aromatic heterocycles. The quantitative estimate of drug-likeness (QED) is 0.150. The van der Waals surface area contributed by atoms with E-state index in [2.05, 4.69) is 231 Å². The molecule has 63 heavy (non-hydrogen) atoms. The summed E-state index contributed by atoms with van der Waals surface area (Å²) in [6, 6.07) is 85.5. The minimum absolute atomic E-state index is 0.635. The maximum Gasteiger partial charge on any atom is 0.181 e. The van der Waals surface area contributed by atoms with Crippen molar-refractivity contribution in [2.75, 3.05) is 0 Å². The average Bonchev–Trinajstić information content (AvgIpc) is 3.69. The highest BCUT2D eigenvalue weighted by Gasteiger charge is 2.50. The zero-order valence-corrected chi connectivity index (χ0v) is 35.4. The summed E-state index contributed by atoms with van der Waals surface area (Å²) in [6.45, 7) is 0. The molecule has 0 aliphatic carbocycles. The molecule has 0 amide bonds. The van der Waals surface area contributed by atoms with Gasteiger partial charge in [0.15, 0.2) is 25.5 Å². The van der Waals surface area contributed by atoms with Crippen molar-refractivity contribution in [3.05, 3.63) is 237 Å². The van der Waals surface area contributed by atoms with E-state index in [4.69, 9.17) is 15.0 Å². The highest BCUT2D eigenvalue weighted by Crippen LogP contribution is 2.39. The Labute approximate surface area is 367 Å². The van der Waals surface area contributed by atoms with E-state index in [1.54, 1.807) is 0 Å². The summed E-state index contributed by atoms with van der Waals surface area (Å²) < 4.78 is 0. The second kappa shape index (κ2) is 15.1. The fourth-order valence-corrected chi connectivity index (χ4v) is 15.3. The summed E-state index contributed by atoms with van der Waals surface area (Å²) in [5.74, 6) is 1.93. The van der Waals surface area contributed by atoms with Crippen LogP contribution in [0.25, 0.3) is 89.1 Å². The first-order valence-electron chi connectivity index (χ1n) is 21.5. The Hall–Kier alpha value is -8.05. The lowest BCUT2D eigenvalue weighted by Crippen LogP contribution is -2.73. The van der Waals surface area contributed by atoms with E-state index < -0.39 is 8.07 Å². The van der Waals surface area contributed by atoms with Crippen LogP contribution in [0.2, 0.25) is 0 Å². The van der Waals surface area contributed by atoms with Crippen LogP contribution in [0.4, 0.5) is 0 Å². The number of nitrogens with zero attached hydrogens (tertiary/aromatic N) is 3. The van der Waals surface area contributed by atoms with Crippen LogP contribution in [0, 0.1) is 0 Å². The summed E-state index contributed by atoms with van der Waals surface area (Å²) in [6.07, 6.45) is 0. The fourth-order valence-electron chi connectivity index (χ4n) is 9.88. The average molecular weight is 818 g/mol. The molecule has 0 fully saturated rings. The lowest BCUT2D eigenvalue weighted by molar-refractivity contribution is 1.07. The predicted octanol–water partition coefficient (Wildman–Crippen LogP) is 11.9. The van der Waals surface area contributed by atoms with E-state index in [0.29, 0.717) is 17.5 Å². The van der Waals surface area contributed by atoms with Crippen LogP contribution in [0.3, 0.4) is 0 Å². The first-order chi connectivity index (χ1) is 31.2. The van der Waals surface area contributed by atoms with E-state index in [1.807, 2.05) is 6.07 Å². The Bertz CT molecular complexity index is 3440. The Kier molecular flexibility index (Phi) is 8.84. The molecular formula is C59H39N3Si. The highest BCUT2D eigenvalue weighted by molar-refractivity contribution is 7.23. The zero-order chi connectivity index (χ0) is 41.7. The molecule has 0 N–H and O–H groups in total. The van der Waals surface area contributed by atoms with Crippen LogP contribution < -0.4 is 20.7 Å². The zero-order valence-electron chi connectivity index (χ0n) is 34.4. The lowest BCUT2D eigenvalue weighted by atomic mass is 9.96. The SMILES string of the molecule is c1ccc(-c2ccc(-c3nc(-c4ccc(-c5ccc6ccccc6c5)cc4)nc(-c4cccc5c4-c4ccc6ccccc6c4[Si]5(c4ccccc4)c4ccccc4)n3)cc2)cc1. The standard InChI is InChI=1S/C59H39N3Si/c1-4-15-40(16-5-1)42-27-32-45(33-28-42)57-60-58(46-34-29-43(30-35-46)48-36-31-41-17-10-11-19-47(41)39-48)62-59(61-57)53-25-14-26-54-55(53)52-38-37-44-18-12-13-24-51(44)56(52)63(54,49-20-6-2-7-21-49)50-22-8-3-9-23-50/h1-39H. The van der Waals surface area contributed by atoms with Crippen LogP contribution >= 0.6 is 0 Å². The molecule has 0 atom stereocenters. The number of hydrogen-bond donors (Lipinski definition) is 0. The van der Waals surface area contributed by atoms with Gasteiger partial charge in [0.25, 0.3) is 0 Å². The van der Waals surface area contributed by atoms with Gasteiger partial charge in [-0.15, -0.1) is 0 Å². The van der Waals surface area contributed by atoms with Gasteiger partial charge in [0, 0.05) is 16.7 Å². The fraction of sp³-hybridized carbons (Fsp3) is 0. The van der Waals surface area contributed by atoms with Crippen molar-refractivity contribution in [1.29, 1.82) is 0 Å². The molecule has 10 aromatic carbocycles. The Morgan fingerprint density at radius 1 is 0.286 bits per heavy atom. The number of hydrogen-bond acceptors (Lipinski definition) is 3. The van der Waals surface area contributed by atoms with Crippen molar-refractivity contribution in [3.63, 3.8) is 0 Å². The third-order valence-corrected chi connectivity index (χ3v) is 17.7.